The number of allylic oxidation sites excluding steroid dienone is 2. The molecule has 6 heteroatoms. The summed E-state index contributed by atoms with van der Waals surface area (Å²) in [6.07, 6.45) is 2.09. The maximum Gasteiger partial charge on any atom is 0.163 e. The minimum atomic E-state index is -0.690. The number of benzene rings is 2. The fourth-order valence-corrected chi connectivity index (χ4v) is 2.46. The zero-order chi connectivity index (χ0) is 23.0. The van der Waals surface area contributed by atoms with Crippen molar-refractivity contribution in [3.05, 3.63) is 59.6 Å². The van der Waals surface area contributed by atoms with E-state index in [1.165, 1.54) is 40.6 Å². The van der Waals surface area contributed by atoms with Gasteiger partial charge in [-0.25, -0.2) is 0 Å². The van der Waals surface area contributed by atoms with Gasteiger partial charge in [0.25, 0.3) is 0 Å². The van der Waals surface area contributed by atoms with Crippen LogP contribution in [0.15, 0.2) is 48.5 Å². The van der Waals surface area contributed by atoms with Crippen molar-refractivity contribution in [2.75, 3.05) is 28.4 Å². The first kappa shape index (κ1) is 18.8. The van der Waals surface area contributed by atoms with Crippen LogP contribution in [0.25, 0.3) is 12.2 Å². The topological polar surface area (TPSA) is 71.1 Å². The lowest BCUT2D eigenvalue weighted by Crippen LogP contribution is -2.02. The molecule has 0 N–H and O–H groups in total. The van der Waals surface area contributed by atoms with E-state index in [0.29, 0.717) is 34.1 Å². The van der Waals surface area contributed by atoms with Crippen LogP contribution in [0.4, 0.5) is 0 Å². The first-order chi connectivity index (χ1) is 14.8. The molecule has 0 aliphatic rings. The third-order valence-electron chi connectivity index (χ3n) is 3.94. The molecule has 2 aromatic rings. The van der Waals surface area contributed by atoms with Gasteiger partial charge in [0.1, 0.15) is 0 Å². The van der Waals surface area contributed by atoms with Crippen LogP contribution in [0.3, 0.4) is 0 Å². The van der Waals surface area contributed by atoms with E-state index in [1.54, 1.807) is 36.4 Å². The number of ether oxygens (including phenoxy) is 4. The molecule has 0 unspecified atom stereocenters. The molecule has 0 bridgehead atoms. The van der Waals surface area contributed by atoms with Gasteiger partial charge in [-0.2, -0.15) is 0 Å². The van der Waals surface area contributed by atoms with Gasteiger partial charge < -0.3 is 18.9 Å². The Morgan fingerprint density at radius 3 is 1.45 bits per heavy atom. The standard InChI is InChI=1S/C23H24O6/c1-26-20-11-7-16(13-22(20)28-3)5-9-18(24)15-19(25)10-6-17-8-12-21(27-2)23(14-17)29-4/h5-14H,15H2,1-4H3/b9-5+,10-6+/i9D,10D. The van der Waals surface area contributed by atoms with Gasteiger partial charge >= 0.3 is 0 Å². The summed E-state index contributed by atoms with van der Waals surface area (Å²) in [6, 6.07) is 9.18. The Labute approximate surface area is 173 Å². The number of carbonyl (C=O) groups excluding carboxylic acids is 2. The first-order valence-electron chi connectivity index (χ1n) is 9.70. The highest BCUT2D eigenvalue weighted by molar-refractivity contribution is 6.10. The van der Waals surface area contributed by atoms with E-state index in [4.69, 9.17) is 21.7 Å². The molecule has 0 spiro atoms. The van der Waals surface area contributed by atoms with Crippen LogP contribution in [0, 0.1) is 0 Å². The maximum atomic E-state index is 12.3. The van der Waals surface area contributed by atoms with Gasteiger partial charge in [-0.1, -0.05) is 24.3 Å². The van der Waals surface area contributed by atoms with Gasteiger partial charge in [0, 0.05) is 0 Å². The summed E-state index contributed by atoms with van der Waals surface area (Å²) in [5.74, 6) is 0.576. The quantitative estimate of drug-likeness (QED) is 0.445. The lowest BCUT2D eigenvalue weighted by Gasteiger charge is -2.07. The number of rotatable bonds is 10. The van der Waals surface area contributed by atoms with Crippen molar-refractivity contribution in [3.8, 4) is 23.0 Å². The molecule has 0 atom stereocenters. The number of methoxy groups -OCH3 is 4. The highest BCUT2D eigenvalue weighted by Gasteiger charge is 2.07. The highest BCUT2D eigenvalue weighted by Crippen LogP contribution is 2.28. The van der Waals surface area contributed by atoms with Gasteiger partial charge in [-0.05, 0) is 47.5 Å². The lowest BCUT2D eigenvalue weighted by molar-refractivity contribution is -0.121. The fraction of sp³-hybridized carbons (Fsp3) is 0.217. The van der Waals surface area contributed by atoms with Crippen LogP contribution in [0.2, 0.25) is 0 Å². The molecule has 0 amide bonds. The van der Waals surface area contributed by atoms with Gasteiger partial charge in [-0.3, -0.25) is 9.59 Å². The number of ketones is 2. The molecule has 0 fully saturated rings. The molecular weight excluding hydrogens is 372 g/mol. The van der Waals surface area contributed by atoms with Crippen molar-refractivity contribution in [2.45, 2.75) is 6.42 Å². The van der Waals surface area contributed by atoms with Crippen LogP contribution < -0.4 is 18.9 Å². The summed E-state index contributed by atoms with van der Waals surface area (Å²) in [7, 11) is 5.98. The van der Waals surface area contributed by atoms with E-state index < -0.39 is 18.0 Å². The Bertz CT molecular complexity index is 945. The lowest BCUT2D eigenvalue weighted by atomic mass is 10.1. The Morgan fingerprint density at radius 2 is 1.10 bits per heavy atom. The van der Waals surface area contributed by atoms with E-state index in [0.717, 1.165) is 0 Å². The van der Waals surface area contributed by atoms with E-state index >= 15 is 0 Å². The third kappa shape index (κ3) is 6.24. The van der Waals surface area contributed by atoms with Crippen LogP contribution in [0.1, 0.15) is 20.3 Å². The van der Waals surface area contributed by atoms with Crippen molar-refractivity contribution in [2.24, 2.45) is 0 Å². The first-order valence-corrected chi connectivity index (χ1v) is 8.70. The minimum Gasteiger partial charge on any atom is -0.493 e. The average molecular weight is 398 g/mol. The SMILES string of the molecule is [2H]/C(=C\c1ccc(OC)c(OC)c1)C(=O)CC(=O)/C([2H])=C/c1ccc(OC)c(OC)c1. The Morgan fingerprint density at radius 1 is 0.724 bits per heavy atom. The van der Waals surface area contributed by atoms with Crippen LogP contribution in [-0.4, -0.2) is 40.0 Å². The van der Waals surface area contributed by atoms with Crippen molar-refractivity contribution >= 4 is 23.7 Å². The van der Waals surface area contributed by atoms with Crippen LogP contribution >= 0.6 is 0 Å². The molecule has 0 saturated heterocycles. The van der Waals surface area contributed by atoms with E-state index in [2.05, 4.69) is 0 Å². The maximum absolute atomic E-state index is 12.3. The molecule has 2 rings (SSSR count). The van der Waals surface area contributed by atoms with E-state index in [-0.39, 0.29) is 12.1 Å². The molecule has 6 nitrogen and oxygen atoms in total. The molecule has 152 valence electrons. The largest absolute Gasteiger partial charge is 0.493 e. The van der Waals surface area contributed by atoms with Crippen molar-refractivity contribution in [1.29, 1.82) is 0 Å². The van der Waals surface area contributed by atoms with Crippen molar-refractivity contribution < 1.29 is 31.3 Å². The highest BCUT2D eigenvalue weighted by atomic mass is 16.5. The monoisotopic (exact) mass is 398 g/mol. The smallest absolute Gasteiger partial charge is 0.163 e. The molecule has 0 radical (unpaired) electrons. The molecule has 2 aromatic carbocycles. The third-order valence-corrected chi connectivity index (χ3v) is 3.94. The molecule has 0 aliphatic heterocycles. The molecule has 29 heavy (non-hydrogen) atoms. The van der Waals surface area contributed by atoms with Crippen LogP contribution in [0.5, 0.6) is 23.0 Å². The zero-order valence-electron chi connectivity index (χ0n) is 18.8. The second-order valence-corrected chi connectivity index (χ2v) is 5.83. The summed E-state index contributed by atoms with van der Waals surface area (Å²) in [6.45, 7) is 0. The van der Waals surface area contributed by atoms with Crippen LogP contribution in [-0.2, 0) is 9.59 Å². The van der Waals surface area contributed by atoms with E-state index in [9.17, 15) is 9.59 Å². The van der Waals surface area contributed by atoms with Gasteiger partial charge in [0.05, 0.1) is 37.6 Å². The Hall–Kier alpha value is -3.54. The second kappa shape index (κ2) is 10.7. The van der Waals surface area contributed by atoms with Gasteiger partial charge in [-0.15, -0.1) is 0 Å². The second-order valence-electron chi connectivity index (χ2n) is 5.83. The predicted octanol–water partition coefficient (Wildman–Crippen LogP) is 3.98. The molecule has 0 heterocycles. The minimum absolute atomic E-state index is 0.348. The summed E-state index contributed by atoms with van der Waals surface area (Å²) in [5.41, 5.74) is 1.10. The Balaban J connectivity index is 2.13. The van der Waals surface area contributed by atoms with Gasteiger partial charge in [0.2, 0.25) is 0 Å². The number of hydrogen-bond donors (Lipinski definition) is 0. The predicted molar refractivity (Wildman–Crippen MR) is 112 cm³/mol. The number of carbonyl (C=O) groups is 2. The Kier molecular flexibility index (Phi) is 6.94. The normalized spacial score (nSPS) is 12.6. The zero-order valence-corrected chi connectivity index (χ0v) is 16.8. The van der Waals surface area contributed by atoms with Gasteiger partial charge in [0.15, 0.2) is 34.6 Å². The molecule has 0 aliphatic carbocycles. The fourth-order valence-electron chi connectivity index (χ4n) is 2.46. The summed E-state index contributed by atoms with van der Waals surface area (Å²) >= 11 is 0. The molecular formula is C23H24O6. The summed E-state index contributed by atoms with van der Waals surface area (Å²) < 4.78 is 36.6. The molecule has 0 saturated carbocycles. The van der Waals surface area contributed by atoms with E-state index in [1.807, 2.05) is 0 Å². The summed E-state index contributed by atoms with van der Waals surface area (Å²) in [5, 5.41) is 0. The number of hydrogen-bond acceptors (Lipinski definition) is 6. The average Bonchev–Trinajstić information content (AvgIpc) is 2.78. The summed E-state index contributed by atoms with van der Waals surface area (Å²) in [4.78, 5) is 24.6. The van der Waals surface area contributed by atoms with Crippen molar-refractivity contribution in [1.82, 2.24) is 0 Å². The molecule has 0 aromatic heterocycles. The van der Waals surface area contributed by atoms with Crippen molar-refractivity contribution in [3.63, 3.8) is 0 Å².